The zero-order valence-electron chi connectivity index (χ0n) is 11.8. The Hall–Kier alpha value is -2.12. The molecule has 1 aliphatic carbocycles. The fourth-order valence-corrected chi connectivity index (χ4v) is 2.60. The van der Waals surface area contributed by atoms with Crippen LogP contribution in [0.5, 0.6) is 0 Å². The number of hydrogen-bond donors (Lipinski definition) is 1. The Balaban J connectivity index is 2.54. The third-order valence-corrected chi connectivity index (χ3v) is 3.65. The first-order chi connectivity index (χ1) is 9.55. The van der Waals surface area contributed by atoms with Crippen LogP contribution in [0.15, 0.2) is 48.5 Å². The SMILES string of the molecule is CC(C)(O)C1=c2\cccc\c2=C\C=c2\cccc\c2=C\1. The third-order valence-electron chi connectivity index (χ3n) is 3.65. The number of fused-ring (bicyclic) bond motifs is 2. The van der Waals surface area contributed by atoms with Crippen molar-refractivity contribution in [3.8, 4) is 0 Å². The molecule has 0 bridgehead atoms. The maximum Gasteiger partial charge on any atom is 0.0846 e. The molecule has 1 aliphatic rings. The molecule has 0 radical (unpaired) electrons. The van der Waals surface area contributed by atoms with Crippen LogP contribution in [0.2, 0.25) is 0 Å². The van der Waals surface area contributed by atoms with E-state index in [2.05, 4.69) is 42.5 Å². The molecule has 0 unspecified atom stereocenters. The van der Waals surface area contributed by atoms with Gasteiger partial charge in [-0.1, -0.05) is 60.7 Å². The number of rotatable bonds is 1. The van der Waals surface area contributed by atoms with E-state index in [9.17, 15) is 5.11 Å². The molecule has 0 heterocycles. The van der Waals surface area contributed by atoms with Gasteiger partial charge in [0.25, 0.3) is 0 Å². The molecule has 3 rings (SSSR count). The summed E-state index contributed by atoms with van der Waals surface area (Å²) >= 11 is 0. The van der Waals surface area contributed by atoms with E-state index in [1.165, 1.54) is 5.22 Å². The highest BCUT2D eigenvalue weighted by Gasteiger charge is 2.18. The van der Waals surface area contributed by atoms with E-state index in [0.717, 1.165) is 21.2 Å². The molecule has 0 spiro atoms. The summed E-state index contributed by atoms with van der Waals surface area (Å²) < 4.78 is 0. The zero-order valence-corrected chi connectivity index (χ0v) is 11.8. The Morgan fingerprint density at radius 1 is 0.750 bits per heavy atom. The van der Waals surface area contributed by atoms with E-state index in [1.807, 2.05) is 38.1 Å². The molecule has 0 aromatic heterocycles. The molecule has 1 nitrogen and oxygen atoms in total. The summed E-state index contributed by atoms with van der Waals surface area (Å²) in [5, 5.41) is 15.1. The minimum atomic E-state index is -0.881. The lowest BCUT2D eigenvalue weighted by Gasteiger charge is -2.20. The summed E-state index contributed by atoms with van der Waals surface area (Å²) in [6.07, 6.45) is 6.34. The number of hydrogen-bond acceptors (Lipinski definition) is 1. The largest absolute Gasteiger partial charge is 0.386 e. The highest BCUT2D eigenvalue weighted by Crippen LogP contribution is 2.16. The summed E-state index contributed by atoms with van der Waals surface area (Å²) in [5.74, 6) is 0. The summed E-state index contributed by atoms with van der Waals surface area (Å²) in [4.78, 5) is 0. The van der Waals surface area contributed by atoms with Crippen molar-refractivity contribution in [1.29, 1.82) is 0 Å². The zero-order chi connectivity index (χ0) is 14.2. The summed E-state index contributed by atoms with van der Waals surface area (Å²) in [6, 6.07) is 16.4. The average Bonchev–Trinajstić information content (AvgIpc) is 2.40. The van der Waals surface area contributed by atoms with Gasteiger partial charge in [-0.15, -0.1) is 0 Å². The molecule has 0 fully saturated rings. The van der Waals surface area contributed by atoms with Gasteiger partial charge < -0.3 is 5.11 Å². The molecule has 1 heteroatoms. The molecular formula is C19H18O. The highest BCUT2D eigenvalue weighted by atomic mass is 16.3. The van der Waals surface area contributed by atoms with E-state index >= 15 is 0 Å². The first kappa shape index (κ1) is 12.9. The standard InChI is InChI=1S/C19H18O/c1-19(2,20)18-13-16-9-4-3-7-14(16)11-12-15-8-5-6-10-17(15)18/h3-13,20H,1-2H3/b12-11?,14-11-,15-12-,16-13-,18-13?,18-17+. The van der Waals surface area contributed by atoms with Crippen molar-refractivity contribution >= 4 is 23.8 Å². The first-order valence-electron chi connectivity index (χ1n) is 6.87. The van der Waals surface area contributed by atoms with Gasteiger partial charge in [-0.3, -0.25) is 0 Å². The predicted molar refractivity (Wildman–Crippen MR) is 84.5 cm³/mol. The van der Waals surface area contributed by atoms with Crippen molar-refractivity contribution in [2.24, 2.45) is 0 Å². The van der Waals surface area contributed by atoms with Crippen LogP contribution < -0.4 is 20.9 Å². The molecule has 1 N–H and O–H groups in total. The lowest BCUT2D eigenvalue weighted by molar-refractivity contribution is 0.145. The predicted octanol–water partition coefficient (Wildman–Crippen LogP) is 0.663. The van der Waals surface area contributed by atoms with Crippen LogP contribution in [-0.2, 0) is 0 Å². The van der Waals surface area contributed by atoms with Crippen LogP contribution in [0.1, 0.15) is 13.8 Å². The second-order valence-electron chi connectivity index (χ2n) is 5.67. The summed E-state index contributed by atoms with van der Waals surface area (Å²) in [7, 11) is 0. The quantitative estimate of drug-likeness (QED) is 0.800. The third kappa shape index (κ3) is 2.33. The fourth-order valence-electron chi connectivity index (χ4n) is 2.60. The van der Waals surface area contributed by atoms with Crippen LogP contribution in [0, 0.1) is 0 Å². The second kappa shape index (κ2) is 4.77. The Morgan fingerprint density at radius 3 is 2.00 bits per heavy atom. The van der Waals surface area contributed by atoms with Crippen molar-refractivity contribution in [2.45, 2.75) is 19.4 Å². The van der Waals surface area contributed by atoms with E-state index in [0.29, 0.717) is 0 Å². The van der Waals surface area contributed by atoms with Crippen LogP contribution >= 0.6 is 0 Å². The van der Waals surface area contributed by atoms with Crippen LogP contribution in [0.4, 0.5) is 0 Å². The molecule has 100 valence electrons. The maximum atomic E-state index is 10.5. The molecule has 20 heavy (non-hydrogen) atoms. The molecule has 0 atom stereocenters. The lowest BCUT2D eigenvalue weighted by atomic mass is 9.92. The lowest BCUT2D eigenvalue weighted by Crippen LogP contribution is -2.37. The van der Waals surface area contributed by atoms with Crippen molar-refractivity contribution in [3.63, 3.8) is 0 Å². The molecule has 0 saturated carbocycles. The van der Waals surface area contributed by atoms with Gasteiger partial charge in [0.05, 0.1) is 5.60 Å². The second-order valence-corrected chi connectivity index (χ2v) is 5.67. The van der Waals surface area contributed by atoms with Crippen molar-refractivity contribution < 1.29 is 5.11 Å². The van der Waals surface area contributed by atoms with Gasteiger partial charge in [0.15, 0.2) is 0 Å². The number of aliphatic hydroxyl groups is 1. The van der Waals surface area contributed by atoms with Crippen molar-refractivity contribution in [3.05, 3.63) is 69.4 Å². The Morgan fingerprint density at radius 2 is 1.30 bits per heavy atom. The first-order valence-corrected chi connectivity index (χ1v) is 6.87. The van der Waals surface area contributed by atoms with Gasteiger partial charge in [0.2, 0.25) is 0 Å². The molecule has 2 aromatic rings. The van der Waals surface area contributed by atoms with E-state index in [4.69, 9.17) is 0 Å². The van der Waals surface area contributed by atoms with Crippen molar-refractivity contribution in [1.82, 2.24) is 0 Å². The van der Waals surface area contributed by atoms with Crippen LogP contribution in [0.3, 0.4) is 0 Å². The van der Waals surface area contributed by atoms with Crippen molar-refractivity contribution in [2.75, 3.05) is 0 Å². The molecule has 2 aromatic carbocycles. The monoisotopic (exact) mass is 262 g/mol. The molecular weight excluding hydrogens is 244 g/mol. The molecule has 0 aliphatic heterocycles. The molecule has 0 amide bonds. The smallest absolute Gasteiger partial charge is 0.0846 e. The van der Waals surface area contributed by atoms with E-state index in [-0.39, 0.29) is 0 Å². The highest BCUT2D eigenvalue weighted by molar-refractivity contribution is 5.82. The minimum absolute atomic E-state index is 0.881. The Bertz CT molecular complexity index is 880. The minimum Gasteiger partial charge on any atom is -0.386 e. The van der Waals surface area contributed by atoms with Gasteiger partial charge in [-0.25, -0.2) is 0 Å². The summed E-state index contributed by atoms with van der Waals surface area (Å²) in [6.45, 7) is 3.67. The van der Waals surface area contributed by atoms with E-state index in [1.54, 1.807) is 0 Å². The van der Waals surface area contributed by atoms with Gasteiger partial charge in [0.1, 0.15) is 0 Å². The normalized spacial score (nSPS) is 21.6. The van der Waals surface area contributed by atoms with Crippen LogP contribution in [0.25, 0.3) is 23.8 Å². The van der Waals surface area contributed by atoms with Crippen LogP contribution in [-0.4, -0.2) is 10.7 Å². The van der Waals surface area contributed by atoms with E-state index < -0.39 is 5.60 Å². The fraction of sp³-hybridized carbons (Fsp3) is 0.158. The van der Waals surface area contributed by atoms with Gasteiger partial charge in [-0.05, 0) is 46.4 Å². The van der Waals surface area contributed by atoms with Gasteiger partial charge in [-0.2, -0.15) is 0 Å². The number of benzene rings is 2. The van der Waals surface area contributed by atoms with Gasteiger partial charge >= 0.3 is 0 Å². The maximum absolute atomic E-state index is 10.5. The Labute approximate surface area is 118 Å². The summed E-state index contributed by atoms with van der Waals surface area (Å²) in [5.41, 5.74) is 0.0684. The molecule has 0 saturated heterocycles. The van der Waals surface area contributed by atoms with Gasteiger partial charge in [0, 0.05) is 0 Å². The average molecular weight is 262 g/mol. The topological polar surface area (TPSA) is 20.2 Å². The Kier molecular flexibility index (Phi) is 3.07.